The average molecular weight is 265 g/mol. The van der Waals surface area contributed by atoms with Crippen LogP contribution in [-0.2, 0) is 0 Å². The van der Waals surface area contributed by atoms with Gasteiger partial charge < -0.3 is 10.6 Å². The number of rotatable bonds is 6. The van der Waals surface area contributed by atoms with Crippen molar-refractivity contribution in [1.29, 1.82) is 0 Å². The van der Waals surface area contributed by atoms with Crippen LogP contribution >= 0.6 is 0 Å². The molecule has 1 aromatic heterocycles. The van der Waals surface area contributed by atoms with E-state index in [9.17, 15) is 10.1 Å². The zero-order valence-corrected chi connectivity index (χ0v) is 11.4. The second kappa shape index (κ2) is 5.38. The summed E-state index contributed by atoms with van der Waals surface area (Å²) in [6.45, 7) is 3.77. The first-order valence-electron chi connectivity index (χ1n) is 6.54. The van der Waals surface area contributed by atoms with Crippen LogP contribution in [0.15, 0.2) is 0 Å². The molecule has 104 valence electrons. The SMILES string of the molecule is CCCC1CC1Nc1nc(NC)nc(C)c1[N+](=O)[O-]. The number of anilines is 2. The standard InChI is InChI=1S/C12H19N5O2/c1-4-5-8-6-9(8)15-11-10(17(18)19)7(2)14-12(13-3)16-11/h8-9H,4-6H2,1-3H3,(H2,13,14,15,16). The Morgan fingerprint density at radius 1 is 1.47 bits per heavy atom. The molecule has 2 N–H and O–H groups in total. The van der Waals surface area contributed by atoms with Crippen molar-refractivity contribution in [2.45, 2.75) is 39.2 Å². The third-order valence-electron chi connectivity index (χ3n) is 3.37. The number of nitro groups is 1. The topological polar surface area (TPSA) is 93.0 Å². The Balaban J connectivity index is 2.22. The zero-order valence-electron chi connectivity index (χ0n) is 11.4. The number of hydrogen-bond acceptors (Lipinski definition) is 6. The lowest BCUT2D eigenvalue weighted by molar-refractivity contribution is -0.385. The minimum Gasteiger partial charge on any atom is -0.361 e. The number of nitrogens with one attached hydrogen (secondary N) is 2. The Kier molecular flexibility index (Phi) is 3.82. The van der Waals surface area contributed by atoms with Gasteiger partial charge in [-0.15, -0.1) is 0 Å². The Morgan fingerprint density at radius 3 is 2.79 bits per heavy atom. The van der Waals surface area contributed by atoms with Crippen molar-refractivity contribution in [3.05, 3.63) is 15.8 Å². The summed E-state index contributed by atoms with van der Waals surface area (Å²) in [4.78, 5) is 18.9. The molecule has 1 fully saturated rings. The monoisotopic (exact) mass is 265 g/mol. The fourth-order valence-electron chi connectivity index (χ4n) is 2.29. The molecule has 2 rings (SSSR count). The summed E-state index contributed by atoms with van der Waals surface area (Å²) >= 11 is 0. The van der Waals surface area contributed by atoms with E-state index in [1.54, 1.807) is 14.0 Å². The first kappa shape index (κ1) is 13.5. The molecule has 1 aliphatic rings. The highest BCUT2D eigenvalue weighted by Crippen LogP contribution is 2.39. The normalized spacial score (nSPS) is 21.0. The van der Waals surface area contributed by atoms with Crippen LogP contribution in [0.2, 0.25) is 0 Å². The van der Waals surface area contributed by atoms with Crippen LogP contribution in [-0.4, -0.2) is 28.0 Å². The lowest BCUT2D eigenvalue weighted by atomic mass is 10.2. The van der Waals surface area contributed by atoms with Gasteiger partial charge in [0.1, 0.15) is 5.69 Å². The second-order valence-corrected chi connectivity index (χ2v) is 4.87. The summed E-state index contributed by atoms with van der Waals surface area (Å²) in [5.74, 6) is 1.33. The van der Waals surface area contributed by atoms with Gasteiger partial charge in [0, 0.05) is 13.1 Å². The van der Waals surface area contributed by atoms with Crippen LogP contribution in [0.5, 0.6) is 0 Å². The lowest BCUT2D eigenvalue weighted by Crippen LogP contribution is -2.12. The molecule has 7 heteroatoms. The molecule has 1 saturated carbocycles. The first-order valence-corrected chi connectivity index (χ1v) is 6.54. The Labute approximate surface area is 112 Å². The number of aryl methyl sites for hydroxylation is 1. The Morgan fingerprint density at radius 2 is 2.21 bits per heavy atom. The van der Waals surface area contributed by atoms with Gasteiger partial charge in [-0.3, -0.25) is 10.1 Å². The Hall–Kier alpha value is -1.92. The van der Waals surface area contributed by atoms with Gasteiger partial charge in [-0.25, -0.2) is 4.98 Å². The molecular formula is C12H19N5O2. The highest BCUT2D eigenvalue weighted by molar-refractivity contribution is 5.61. The summed E-state index contributed by atoms with van der Waals surface area (Å²) in [5.41, 5.74) is 0.348. The van der Waals surface area contributed by atoms with Crippen LogP contribution in [0.1, 0.15) is 31.9 Å². The van der Waals surface area contributed by atoms with Gasteiger partial charge in [-0.2, -0.15) is 4.98 Å². The summed E-state index contributed by atoms with van der Waals surface area (Å²) in [5, 5.41) is 17.1. The molecule has 0 saturated heterocycles. The molecule has 1 aliphatic carbocycles. The quantitative estimate of drug-likeness (QED) is 0.605. The fourth-order valence-corrected chi connectivity index (χ4v) is 2.29. The molecule has 19 heavy (non-hydrogen) atoms. The van der Waals surface area contributed by atoms with Gasteiger partial charge in [0.15, 0.2) is 0 Å². The van der Waals surface area contributed by atoms with Crippen molar-refractivity contribution in [2.24, 2.45) is 5.92 Å². The summed E-state index contributed by atoms with van der Waals surface area (Å²) < 4.78 is 0. The molecule has 2 unspecified atom stereocenters. The van der Waals surface area contributed by atoms with E-state index in [4.69, 9.17) is 0 Å². The highest BCUT2D eigenvalue weighted by atomic mass is 16.6. The molecule has 0 aromatic carbocycles. The van der Waals surface area contributed by atoms with Crippen molar-refractivity contribution in [3.63, 3.8) is 0 Å². The molecule has 0 amide bonds. The maximum atomic E-state index is 11.1. The largest absolute Gasteiger partial charge is 0.361 e. The molecule has 0 bridgehead atoms. The molecule has 7 nitrogen and oxygen atoms in total. The molecule has 0 spiro atoms. The maximum Gasteiger partial charge on any atom is 0.332 e. The van der Waals surface area contributed by atoms with E-state index in [1.807, 2.05) is 0 Å². The average Bonchev–Trinajstić information content (AvgIpc) is 3.06. The molecule has 1 aromatic rings. The van der Waals surface area contributed by atoms with Gasteiger partial charge in [-0.05, 0) is 25.7 Å². The molecule has 1 heterocycles. The van der Waals surface area contributed by atoms with Crippen molar-refractivity contribution in [2.75, 3.05) is 17.7 Å². The maximum absolute atomic E-state index is 11.1. The second-order valence-electron chi connectivity index (χ2n) is 4.87. The summed E-state index contributed by atoms with van der Waals surface area (Å²) in [7, 11) is 1.70. The van der Waals surface area contributed by atoms with E-state index in [2.05, 4.69) is 27.5 Å². The molecule has 2 atom stereocenters. The van der Waals surface area contributed by atoms with Gasteiger partial charge in [0.2, 0.25) is 11.8 Å². The van der Waals surface area contributed by atoms with Crippen LogP contribution in [0.3, 0.4) is 0 Å². The molecular weight excluding hydrogens is 246 g/mol. The minimum absolute atomic E-state index is 0.0267. The van der Waals surface area contributed by atoms with Crippen LogP contribution in [0.4, 0.5) is 17.5 Å². The summed E-state index contributed by atoms with van der Waals surface area (Å²) in [6, 6.07) is 0.303. The minimum atomic E-state index is -0.422. The van der Waals surface area contributed by atoms with E-state index < -0.39 is 4.92 Å². The van der Waals surface area contributed by atoms with Gasteiger partial charge in [0.05, 0.1) is 4.92 Å². The first-order chi connectivity index (χ1) is 9.06. The molecule has 0 radical (unpaired) electrons. The smallest absolute Gasteiger partial charge is 0.332 e. The van der Waals surface area contributed by atoms with Crippen molar-refractivity contribution >= 4 is 17.5 Å². The number of hydrogen-bond donors (Lipinski definition) is 2. The van der Waals surface area contributed by atoms with E-state index in [-0.39, 0.29) is 5.69 Å². The fraction of sp³-hybridized carbons (Fsp3) is 0.667. The van der Waals surface area contributed by atoms with Crippen LogP contribution in [0, 0.1) is 23.0 Å². The summed E-state index contributed by atoms with van der Waals surface area (Å²) in [6.07, 6.45) is 3.34. The third-order valence-corrected chi connectivity index (χ3v) is 3.37. The van der Waals surface area contributed by atoms with E-state index >= 15 is 0 Å². The number of aromatic nitrogens is 2. The van der Waals surface area contributed by atoms with E-state index in [1.165, 1.54) is 0 Å². The third kappa shape index (κ3) is 2.91. The number of nitrogens with zero attached hydrogens (tertiary/aromatic N) is 3. The predicted molar refractivity (Wildman–Crippen MR) is 73.4 cm³/mol. The van der Waals surface area contributed by atoms with E-state index in [0.717, 1.165) is 19.3 Å². The van der Waals surface area contributed by atoms with Gasteiger partial charge >= 0.3 is 5.69 Å². The lowest BCUT2D eigenvalue weighted by Gasteiger charge is -2.09. The van der Waals surface area contributed by atoms with Crippen molar-refractivity contribution in [1.82, 2.24) is 9.97 Å². The van der Waals surface area contributed by atoms with Crippen molar-refractivity contribution in [3.8, 4) is 0 Å². The molecule has 0 aliphatic heterocycles. The van der Waals surface area contributed by atoms with Crippen molar-refractivity contribution < 1.29 is 4.92 Å². The Bertz CT molecular complexity index is 491. The van der Waals surface area contributed by atoms with Crippen LogP contribution in [0.25, 0.3) is 0 Å². The highest BCUT2D eigenvalue weighted by Gasteiger charge is 2.38. The van der Waals surface area contributed by atoms with E-state index in [0.29, 0.717) is 29.4 Å². The predicted octanol–water partition coefficient (Wildman–Crippen LogP) is 2.34. The zero-order chi connectivity index (χ0) is 14.0. The van der Waals surface area contributed by atoms with Crippen LogP contribution < -0.4 is 10.6 Å². The van der Waals surface area contributed by atoms with Gasteiger partial charge in [-0.1, -0.05) is 13.3 Å². The van der Waals surface area contributed by atoms with Gasteiger partial charge in [0.25, 0.3) is 0 Å².